The Balaban J connectivity index is 2.17. The summed E-state index contributed by atoms with van der Waals surface area (Å²) in [5, 5.41) is 12.3. The summed E-state index contributed by atoms with van der Waals surface area (Å²) in [5.74, 6) is -0.162. The van der Waals surface area contributed by atoms with Crippen molar-refractivity contribution in [2.75, 3.05) is 6.61 Å². The van der Waals surface area contributed by atoms with E-state index in [4.69, 9.17) is 0 Å². The molecule has 0 radical (unpaired) electrons. The Bertz CT molecular complexity index is 593. The third-order valence-corrected chi connectivity index (χ3v) is 3.32. The van der Waals surface area contributed by atoms with Gasteiger partial charge in [-0.3, -0.25) is 4.79 Å². The Labute approximate surface area is 119 Å². The number of aliphatic hydroxyl groups is 1. The van der Waals surface area contributed by atoms with Gasteiger partial charge in [-0.25, -0.2) is 0 Å². The molecule has 2 aromatic carbocycles. The first-order chi connectivity index (χ1) is 9.61. The third-order valence-electron chi connectivity index (χ3n) is 3.32. The van der Waals surface area contributed by atoms with Crippen molar-refractivity contribution >= 4 is 5.91 Å². The van der Waals surface area contributed by atoms with E-state index in [0.29, 0.717) is 5.56 Å². The quantitative estimate of drug-likeness (QED) is 0.896. The zero-order valence-corrected chi connectivity index (χ0v) is 11.8. The minimum Gasteiger partial charge on any atom is -0.394 e. The summed E-state index contributed by atoms with van der Waals surface area (Å²) in [4.78, 5) is 12.3. The van der Waals surface area contributed by atoms with Crippen LogP contribution in [0.5, 0.6) is 0 Å². The van der Waals surface area contributed by atoms with Gasteiger partial charge in [-0.05, 0) is 31.0 Å². The molecule has 3 nitrogen and oxygen atoms in total. The lowest BCUT2D eigenvalue weighted by Crippen LogP contribution is -2.31. The van der Waals surface area contributed by atoms with Crippen molar-refractivity contribution < 1.29 is 9.90 Å². The number of carbonyl (C=O) groups is 1. The molecule has 2 N–H and O–H groups in total. The molecule has 1 amide bonds. The van der Waals surface area contributed by atoms with E-state index in [2.05, 4.69) is 5.32 Å². The Morgan fingerprint density at radius 3 is 2.45 bits per heavy atom. The highest BCUT2D eigenvalue weighted by Gasteiger charge is 2.15. The first-order valence-corrected chi connectivity index (χ1v) is 6.65. The molecule has 0 aromatic heterocycles. The van der Waals surface area contributed by atoms with Crippen LogP contribution in [0.3, 0.4) is 0 Å². The van der Waals surface area contributed by atoms with Crippen LogP contribution in [0.2, 0.25) is 0 Å². The lowest BCUT2D eigenvalue weighted by molar-refractivity contribution is 0.0915. The minimum atomic E-state index is -0.385. The molecule has 20 heavy (non-hydrogen) atoms. The number of carbonyl (C=O) groups excluding carboxylic acids is 1. The van der Waals surface area contributed by atoms with Crippen LogP contribution in [0, 0.1) is 13.8 Å². The van der Waals surface area contributed by atoms with Crippen molar-refractivity contribution in [2.45, 2.75) is 19.9 Å². The monoisotopic (exact) mass is 269 g/mol. The Morgan fingerprint density at radius 2 is 1.85 bits per heavy atom. The molecule has 104 valence electrons. The van der Waals surface area contributed by atoms with E-state index in [1.165, 1.54) is 0 Å². The van der Waals surface area contributed by atoms with E-state index in [1.807, 2.05) is 62.4 Å². The third kappa shape index (κ3) is 3.25. The molecule has 0 fully saturated rings. The molecular weight excluding hydrogens is 250 g/mol. The molecule has 0 aliphatic rings. The average Bonchev–Trinajstić information content (AvgIpc) is 2.45. The van der Waals surface area contributed by atoms with Gasteiger partial charge in [0.2, 0.25) is 0 Å². The van der Waals surface area contributed by atoms with Crippen LogP contribution < -0.4 is 5.32 Å². The second-order valence-corrected chi connectivity index (χ2v) is 4.94. The van der Waals surface area contributed by atoms with E-state index in [1.54, 1.807) is 0 Å². The largest absolute Gasteiger partial charge is 0.394 e. The van der Waals surface area contributed by atoms with Gasteiger partial charge in [0.15, 0.2) is 0 Å². The molecule has 0 unspecified atom stereocenters. The lowest BCUT2D eigenvalue weighted by atomic mass is 10.0. The summed E-state index contributed by atoms with van der Waals surface area (Å²) >= 11 is 0. The zero-order valence-electron chi connectivity index (χ0n) is 11.8. The summed E-state index contributed by atoms with van der Waals surface area (Å²) < 4.78 is 0. The van der Waals surface area contributed by atoms with Crippen molar-refractivity contribution in [1.29, 1.82) is 0 Å². The fourth-order valence-corrected chi connectivity index (χ4v) is 2.22. The molecule has 2 rings (SSSR count). The number of nitrogens with one attached hydrogen (secondary N) is 1. The molecule has 0 heterocycles. The van der Waals surface area contributed by atoms with Gasteiger partial charge >= 0.3 is 0 Å². The molecule has 2 aromatic rings. The molecule has 3 heteroatoms. The number of hydrogen-bond donors (Lipinski definition) is 2. The average molecular weight is 269 g/mol. The summed E-state index contributed by atoms with van der Waals surface area (Å²) in [7, 11) is 0. The van der Waals surface area contributed by atoms with Gasteiger partial charge in [0.25, 0.3) is 5.91 Å². The number of amides is 1. The normalized spacial score (nSPS) is 11.9. The predicted molar refractivity (Wildman–Crippen MR) is 79.7 cm³/mol. The first kappa shape index (κ1) is 14.3. The highest BCUT2D eigenvalue weighted by atomic mass is 16.3. The van der Waals surface area contributed by atoms with E-state index >= 15 is 0 Å². The zero-order chi connectivity index (χ0) is 14.5. The van der Waals surface area contributed by atoms with Crippen LogP contribution in [0.25, 0.3) is 0 Å². The smallest absolute Gasteiger partial charge is 0.252 e. The summed E-state index contributed by atoms with van der Waals surface area (Å²) in [5.41, 5.74) is 3.60. The summed E-state index contributed by atoms with van der Waals surface area (Å²) in [6.07, 6.45) is 0. The van der Waals surface area contributed by atoms with Crippen molar-refractivity contribution in [3.05, 3.63) is 70.8 Å². The van der Waals surface area contributed by atoms with Crippen LogP contribution in [0.4, 0.5) is 0 Å². The van der Waals surface area contributed by atoms with Gasteiger partial charge in [-0.2, -0.15) is 0 Å². The maximum Gasteiger partial charge on any atom is 0.252 e. The van der Waals surface area contributed by atoms with Crippen LogP contribution in [-0.4, -0.2) is 17.6 Å². The van der Waals surface area contributed by atoms with Crippen LogP contribution >= 0.6 is 0 Å². The van der Waals surface area contributed by atoms with Crippen LogP contribution in [0.15, 0.2) is 48.5 Å². The SMILES string of the molecule is Cc1ccc(C(=O)N[C@@H](CO)c2ccccc2)c(C)c1. The Hall–Kier alpha value is -2.13. The Kier molecular flexibility index (Phi) is 4.53. The van der Waals surface area contributed by atoms with Gasteiger partial charge in [0.05, 0.1) is 12.6 Å². The highest BCUT2D eigenvalue weighted by molar-refractivity contribution is 5.95. The topological polar surface area (TPSA) is 49.3 Å². The van der Waals surface area contributed by atoms with Crippen molar-refractivity contribution in [2.24, 2.45) is 0 Å². The fraction of sp³-hybridized carbons (Fsp3) is 0.235. The molecular formula is C17H19NO2. The van der Waals surface area contributed by atoms with Gasteiger partial charge < -0.3 is 10.4 Å². The number of hydrogen-bond acceptors (Lipinski definition) is 2. The molecule has 1 atom stereocenters. The predicted octanol–water partition coefficient (Wildman–Crippen LogP) is 2.77. The number of aliphatic hydroxyl groups excluding tert-OH is 1. The van der Waals surface area contributed by atoms with E-state index in [0.717, 1.165) is 16.7 Å². The maximum atomic E-state index is 12.3. The second kappa shape index (κ2) is 6.35. The van der Waals surface area contributed by atoms with Gasteiger partial charge in [-0.1, -0.05) is 48.0 Å². The van der Waals surface area contributed by atoms with Crippen molar-refractivity contribution in [3.63, 3.8) is 0 Å². The number of aryl methyl sites for hydroxylation is 2. The van der Waals surface area contributed by atoms with Crippen LogP contribution in [0.1, 0.15) is 33.1 Å². The van der Waals surface area contributed by atoms with Gasteiger partial charge in [0.1, 0.15) is 0 Å². The molecule has 0 spiro atoms. The Morgan fingerprint density at radius 1 is 1.15 bits per heavy atom. The molecule has 0 aliphatic heterocycles. The van der Waals surface area contributed by atoms with E-state index < -0.39 is 0 Å². The van der Waals surface area contributed by atoms with Crippen molar-refractivity contribution in [1.82, 2.24) is 5.32 Å². The number of benzene rings is 2. The van der Waals surface area contributed by atoms with E-state index in [-0.39, 0.29) is 18.6 Å². The van der Waals surface area contributed by atoms with Crippen molar-refractivity contribution in [3.8, 4) is 0 Å². The van der Waals surface area contributed by atoms with Crippen LogP contribution in [-0.2, 0) is 0 Å². The van der Waals surface area contributed by atoms with E-state index in [9.17, 15) is 9.90 Å². The lowest BCUT2D eigenvalue weighted by Gasteiger charge is -2.17. The molecule has 0 aliphatic carbocycles. The van der Waals surface area contributed by atoms with Gasteiger partial charge in [0, 0.05) is 5.56 Å². The molecule has 0 saturated carbocycles. The standard InChI is InChI=1S/C17H19NO2/c1-12-8-9-15(13(2)10-12)17(20)18-16(11-19)14-6-4-3-5-7-14/h3-10,16,19H,11H2,1-2H3,(H,18,20)/t16-/m0/s1. The number of rotatable bonds is 4. The summed E-state index contributed by atoms with van der Waals surface area (Å²) in [6, 6.07) is 14.8. The highest BCUT2D eigenvalue weighted by Crippen LogP contribution is 2.15. The molecule has 0 bridgehead atoms. The maximum absolute atomic E-state index is 12.3. The second-order valence-electron chi connectivity index (χ2n) is 4.94. The minimum absolute atomic E-state index is 0.124. The first-order valence-electron chi connectivity index (χ1n) is 6.65. The molecule has 0 saturated heterocycles. The summed E-state index contributed by atoms with van der Waals surface area (Å²) in [6.45, 7) is 3.79. The fourth-order valence-electron chi connectivity index (χ4n) is 2.22. The van der Waals surface area contributed by atoms with Gasteiger partial charge in [-0.15, -0.1) is 0 Å².